The molecule has 6 aliphatic carbocycles. The van der Waals surface area contributed by atoms with E-state index in [0.717, 1.165) is 55.4 Å². The number of nitrogens with one attached hydrogen (secondary N) is 1. The van der Waals surface area contributed by atoms with Gasteiger partial charge in [-0.3, -0.25) is 4.79 Å². The second-order valence-electron chi connectivity index (χ2n) is 10.5. The third-order valence-corrected chi connectivity index (χ3v) is 9.69. The van der Waals surface area contributed by atoms with Gasteiger partial charge in [0.15, 0.2) is 0 Å². The van der Waals surface area contributed by atoms with Gasteiger partial charge in [-0.05, 0) is 99.5 Å². The third-order valence-electron chi connectivity index (χ3n) is 7.87. The van der Waals surface area contributed by atoms with Gasteiger partial charge in [-0.25, -0.2) is 17.5 Å². The number of sulfonamides is 1. The first-order chi connectivity index (χ1) is 14.3. The maximum atomic E-state index is 15.0. The fraction of sp³-hybridized carbons (Fsp3) is 0.696. The van der Waals surface area contributed by atoms with Crippen LogP contribution in [0.25, 0.3) is 0 Å². The summed E-state index contributed by atoms with van der Waals surface area (Å²) >= 11 is 0. The Labute approximate surface area is 176 Å². The van der Waals surface area contributed by atoms with Crippen molar-refractivity contribution in [3.63, 3.8) is 0 Å². The Hall–Kier alpha value is -1.63. The van der Waals surface area contributed by atoms with Crippen LogP contribution in [0.1, 0.15) is 86.0 Å². The molecular weight excluding hydrogens is 405 g/mol. The molecule has 1 aromatic rings. The summed E-state index contributed by atoms with van der Waals surface area (Å²) in [5.74, 6) is 1.43. The topological polar surface area (TPSA) is 72.5 Å². The number of benzene rings is 1. The second kappa shape index (κ2) is 6.44. The molecule has 30 heavy (non-hydrogen) atoms. The van der Waals surface area contributed by atoms with Crippen molar-refractivity contribution in [3.8, 4) is 5.75 Å². The molecule has 5 nitrogen and oxygen atoms in total. The molecule has 7 heteroatoms. The van der Waals surface area contributed by atoms with Crippen LogP contribution >= 0.6 is 0 Å². The molecule has 162 valence electrons. The highest BCUT2D eigenvalue weighted by Crippen LogP contribution is 2.58. The molecule has 0 heterocycles. The van der Waals surface area contributed by atoms with Gasteiger partial charge in [0.1, 0.15) is 17.2 Å². The summed E-state index contributed by atoms with van der Waals surface area (Å²) in [7, 11) is -3.71. The van der Waals surface area contributed by atoms with Crippen molar-refractivity contribution < 1.29 is 22.3 Å². The average molecular weight is 434 g/mol. The Balaban J connectivity index is 1.30. The first-order valence-electron chi connectivity index (χ1n) is 11.4. The zero-order valence-electron chi connectivity index (χ0n) is 17.0. The van der Waals surface area contributed by atoms with Gasteiger partial charge in [-0.2, -0.15) is 0 Å². The number of halogens is 1. The van der Waals surface area contributed by atoms with Crippen LogP contribution in [0.5, 0.6) is 5.75 Å². The van der Waals surface area contributed by atoms with Crippen LogP contribution in [0, 0.1) is 23.6 Å². The molecule has 4 bridgehead atoms. The fourth-order valence-corrected chi connectivity index (χ4v) is 7.87. The van der Waals surface area contributed by atoms with Gasteiger partial charge in [0.05, 0.1) is 10.8 Å². The SMILES string of the molecule is O=C(NS(=O)(=O)C1CC1)c1cc(C2CC2)c(OC23CC4CC(CC(C4)C2)C3)cc1F. The van der Waals surface area contributed by atoms with Crippen molar-refractivity contribution in [3.05, 3.63) is 29.1 Å². The van der Waals surface area contributed by atoms with Gasteiger partial charge in [-0.1, -0.05) is 0 Å². The van der Waals surface area contributed by atoms with Gasteiger partial charge < -0.3 is 4.74 Å². The van der Waals surface area contributed by atoms with Crippen LogP contribution in [0.3, 0.4) is 0 Å². The third kappa shape index (κ3) is 3.33. The summed E-state index contributed by atoms with van der Waals surface area (Å²) in [6.07, 6.45) is 10.1. The summed E-state index contributed by atoms with van der Waals surface area (Å²) in [6.45, 7) is 0. The zero-order valence-corrected chi connectivity index (χ0v) is 17.8. The predicted molar refractivity (Wildman–Crippen MR) is 109 cm³/mol. The molecule has 7 rings (SSSR count). The summed E-state index contributed by atoms with van der Waals surface area (Å²) in [5, 5.41) is -0.522. The molecule has 1 aromatic carbocycles. The lowest BCUT2D eigenvalue weighted by Crippen LogP contribution is -2.53. The van der Waals surface area contributed by atoms with Crippen LogP contribution in [0.15, 0.2) is 12.1 Å². The Kier molecular flexibility index (Phi) is 4.10. The van der Waals surface area contributed by atoms with E-state index in [1.54, 1.807) is 6.07 Å². The van der Waals surface area contributed by atoms with Crippen LogP contribution in [-0.4, -0.2) is 25.2 Å². The Morgan fingerprint density at radius 3 is 2.13 bits per heavy atom. The number of carbonyl (C=O) groups is 1. The highest BCUT2D eigenvalue weighted by molar-refractivity contribution is 7.91. The molecule has 0 unspecified atom stereocenters. The van der Waals surface area contributed by atoms with Crippen molar-refractivity contribution in [2.45, 2.75) is 81.0 Å². The van der Waals surface area contributed by atoms with Gasteiger partial charge in [0.2, 0.25) is 10.0 Å². The molecule has 6 fully saturated rings. The van der Waals surface area contributed by atoms with E-state index in [1.807, 2.05) is 0 Å². The largest absolute Gasteiger partial charge is 0.487 e. The average Bonchev–Trinajstić information content (AvgIpc) is 3.52. The monoisotopic (exact) mass is 433 g/mol. The van der Waals surface area contributed by atoms with E-state index >= 15 is 0 Å². The van der Waals surface area contributed by atoms with E-state index in [0.29, 0.717) is 18.6 Å². The smallest absolute Gasteiger partial charge is 0.267 e. The lowest BCUT2D eigenvalue weighted by molar-refractivity contribution is -0.108. The van der Waals surface area contributed by atoms with E-state index in [2.05, 4.69) is 4.72 Å². The Morgan fingerprint density at radius 1 is 1.00 bits per heavy atom. The molecule has 1 N–H and O–H groups in total. The minimum absolute atomic E-state index is 0.191. The maximum absolute atomic E-state index is 15.0. The number of amides is 1. The van der Waals surface area contributed by atoms with E-state index in [1.165, 1.54) is 25.3 Å². The minimum Gasteiger partial charge on any atom is -0.487 e. The molecule has 0 spiro atoms. The van der Waals surface area contributed by atoms with Gasteiger partial charge in [0.25, 0.3) is 5.91 Å². The Morgan fingerprint density at radius 2 is 1.60 bits per heavy atom. The van der Waals surface area contributed by atoms with Crippen LogP contribution in [-0.2, 0) is 10.0 Å². The minimum atomic E-state index is -3.71. The van der Waals surface area contributed by atoms with E-state index in [-0.39, 0.29) is 17.1 Å². The van der Waals surface area contributed by atoms with Crippen LogP contribution in [0.4, 0.5) is 4.39 Å². The molecule has 0 aliphatic heterocycles. The van der Waals surface area contributed by atoms with Crippen LogP contribution < -0.4 is 9.46 Å². The lowest BCUT2D eigenvalue weighted by atomic mass is 9.54. The van der Waals surface area contributed by atoms with Gasteiger partial charge in [-0.15, -0.1) is 0 Å². The molecule has 0 saturated heterocycles. The first-order valence-corrected chi connectivity index (χ1v) is 12.9. The number of rotatable bonds is 6. The van der Waals surface area contributed by atoms with E-state index in [4.69, 9.17) is 4.74 Å². The number of ether oxygens (including phenoxy) is 1. The zero-order chi connectivity index (χ0) is 20.7. The van der Waals surface area contributed by atoms with Crippen LogP contribution in [0.2, 0.25) is 0 Å². The quantitative estimate of drug-likeness (QED) is 0.727. The molecule has 6 saturated carbocycles. The maximum Gasteiger partial charge on any atom is 0.267 e. The molecule has 6 aliphatic rings. The van der Waals surface area contributed by atoms with E-state index < -0.39 is 27.0 Å². The van der Waals surface area contributed by atoms with Crippen molar-refractivity contribution in [1.29, 1.82) is 0 Å². The highest BCUT2D eigenvalue weighted by Gasteiger charge is 2.53. The number of carbonyl (C=O) groups excluding carboxylic acids is 1. The van der Waals surface area contributed by atoms with Crippen molar-refractivity contribution >= 4 is 15.9 Å². The van der Waals surface area contributed by atoms with Crippen molar-refractivity contribution in [2.24, 2.45) is 17.8 Å². The standard InChI is InChI=1S/C23H28FNO4S/c24-20-9-21(29-23-10-13-5-14(11-23)7-15(6-13)12-23)18(16-1-2-16)8-19(20)22(26)25-30(27,28)17-3-4-17/h8-9,13-17H,1-7,10-12H2,(H,25,26). The molecule has 0 radical (unpaired) electrons. The molecule has 1 amide bonds. The molecule has 0 atom stereocenters. The van der Waals surface area contributed by atoms with Crippen molar-refractivity contribution in [2.75, 3.05) is 0 Å². The lowest BCUT2D eigenvalue weighted by Gasteiger charge is -2.56. The summed E-state index contributed by atoms with van der Waals surface area (Å²) < 4.78 is 47.9. The number of hydrogen-bond donors (Lipinski definition) is 1. The van der Waals surface area contributed by atoms with Crippen molar-refractivity contribution in [1.82, 2.24) is 4.72 Å². The Bertz CT molecular complexity index is 977. The highest BCUT2D eigenvalue weighted by atomic mass is 32.2. The summed E-state index contributed by atoms with van der Waals surface area (Å²) in [6, 6.07) is 2.88. The van der Waals surface area contributed by atoms with E-state index in [9.17, 15) is 17.6 Å². The molecular formula is C23H28FNO4S. The summed E-state index contributed by atoms with van der Waals surface area (Å²) in [4.78, 5) is 12.6. The first kappa shape index (κ1) is 19.1. The molecule has 0 aromatic heterocycles. The van der Waals surface area contributed by atoms with Gasteiger partial charge >= 0.3 is 0 Å². The normalized spacial score (nSPS) is 34.8. The van der Waals surface area contributed by atoms with Gasteiger partial charge in [0, 0.05) is 6.07 Å². The second-order valence-corrected chi connectivity index (χ2v) is 12.5. The fourth-order valence-electron chi connectivity index (χ4n) is 6.58. The number of hydrogen-bond acceptors (Lipinski definition) is 4. The predicted octanol–water partition coefficient (Wildman–Crippen LogP) is 4.27. The summed E-state index contributed by atoms with van der Waals surface area (Å²) in [5.41, 5.74) is 0.476.